The highest BCUT2D eigenvalue weighted by atomic mass is 35.5. The van der Waals surface area contributed by atoms with Gasteiger partial charge in [-0.3, -0.25) is 4.90 Å². The van der Waals surface area contributed by atoms with Crippen molar-refractivity contribution in [3.63, 3.8) is 0 Å². The fraction of sp³-hybridized carbons (Fsp3) is 0.538. The van der Waals surface area contributed by atoms with Gasteiger partial charge in [-0.15, -0.1) is 0 Å². The van der Waals surface area contributed by atoms with E-state index in [1.54, 1.807) is 6.07 Å². The Morgan fingerprint density at radius 3 is 2.42 bits per heavy atom. The lowest BCUT2D eigenvalue weighted by atomic mass is 10.1. The minimum Gasteiger partial charge on any atom is -0.299 e. The molecule has 0 bridgehead atoms. The summed E-state index contributed by atoms with van der Waals surface area (Å²) in [7, 11) is 0. The molecule has 0 spiro atoms. The number of alkyl halides is 3. The van der Waals surface area contributed by atoms with Gasteiger partial charge in [-0.2, -0.15) is 25.8 Å². The van der Waals surface area contributed by atoms with E-state index in [0.29, 0.717) is 17.4 Å². The largest absolute Gasteiger partial charge is 0.416 e. The second kappa shape index (κ2) is 5.94. The fourth-order valence-electron chi connectivity index (χ4n) is 2.24. The molecular weight excluding hydrogens is 295 g/mol. The number of benzene rings is 1. The van der Waals surface area contributed by atoms with E-state index >= 15 is 0 Å². The predicted molar refractivity (Wildman–Crippen MR) is 73.7 cm³/mol. The Kier molecular flexibility index (Phi) is 4.69. The molecule has 0 aromatic heterocycles. The van der Waals surface area contributed by atoms with E-state index in [1.807, 2.05) is 0 Å². The number of likely N-dealkylation sites (tertiary alicyclic amines) is 1. The normalized spacial score (nSPS) is 18.8. The highest BCUT2D eigenvalue weighted by Crippen LogP contribution is 2.32. The molecule has 1 aliphatic heterocycles. The van der Waals surface area contributed by atoms with Gasteiger partial charge >= 0.3 is 6.18 Å². The quantitative estimate of drug-likeness (QED) is 0.799. The third kappa shape index (κ3) is 4.29. The van der Waals surface area contributed by atoms with Gasteiger partial charge in [0.2, 0.25) is 0 Å². The predicted octanol–water partition coefficient (Wildman–Crippen LogP) is 4.25. The van der Waals surface area contributed by atoms with Crippen LogP contribution in [0.4, 0.5) is 13.2 Å². The van der Waals surface area contributed by atoms with Crippen molar-refractivity contribution in [3.05, 3.63) is 34.3 Å². The van der Waals surface area contributed by atoms with Crippen LogP contribution in [0.1, 0.15) is 24.0 Å². The van der Waals surface area contributed by atoms with Crippen molar-refractivity contribution in [3.8, 4) is 0 Å². The van der Waals surface area contributed by atoms with Crippen LogP contribution in [0.25, 0.3) is 0 Å². The molecule has 1 aliphatic rings. The summed E-state index contributed by atoms with van der Waals surface area (Å²) in [6, 6.07) is 3.74. The molecule has 1 heterocycles. The van der Waals surface area contributed by atoms with Crippen molar-refractivity contribution in [2.24, 2.45) is 0 Å². The highest BCUT2D eigenvalue weighted by Gasteiger charge is 2.31. The molecule has 19 heavy (non-hydrogen) atoms. The van der Waals surface area contributed by atoms with Crippen LogP contribution in [0.5, 0.6) is 0 Å². The van der Waals surface area contributed by atoms with Crippen LogP contribution in [0.2, 0.25) is 5.02 Å². The van der Waals surface area contributed by atoms with Gasteiger partial charge < -0.3 is 0 Å². The first kappa shape index (κ1) is 15.0. The zero-order valence-corrected chi connectivity index (χ0v) is 11.9. The first-order valence-corrected chi connectivity index (χ1v) is 7.01. The van der Waals surface area contributed by atoms with E-state index in [0.717, 1.165) is 32.0 Å². The summed E-state index contributed by atoms with van der Waals surface area (Å²) in [5, 5.41) is 0.537. The van der Waals surface area contributed by atoms with Crippen LogP contribution in [0.15, 0.2) is 18.2 Å². The molecule has 1 fully saturated rings. The van der Waals surface area contributed by atoms with E-state index < -0.39 is 11.7 Å². The van der Waals surface area contributed by atoms with E-state index in [2.05, 4.69) is 17.5 Å². The zero-order valence-electron chi connectivity index (χ0n) is 10.3. The Labute approximate surface area is 121 Å². The topological polar surface area (TPSA) is 3.24 Å². The Bertz CT molecular complexity index is 442. The van der Waals surface area contributed by atoms with Gasteiger partial charge in [-0.25, -0.2) is 0 Å². The fourth-order valence-corrected chi connectivity index (χ4v) is 2.73. The number of thiol groups is 1. The molecule has 1 aromatic rings. The molecule has 0 N–H and O–H groups in total. The van der Waals surface area contributed by atoms with Crippen molar-refractivity contribution in [2.75, 3.05) is 13.1 Å². The molecule has 0 atom stereocenters. The summed E-state index contributed by atoms with van der Waals surface area (Å²) >= 11 is 10.2. The van der Waals surface area contributed by atoms with E-state index in [-0.39, 0.29) is 5.02 Å². The SMILES string of the molecule is FC(F)(F)c1cc(Cl)cc(CN2CCC(S)CC2)c1. The number of hydrogen-bond acceptors (Lipinski definition) is 2. The second-order valence-electron chi connectivity index (χ2n) is 4.85. The summed E-state index contributed by atoms with van der Waals surface area (Å²) < 4.78 is 38.1. The third-order valence-electron chi connectivity index (χ3n) is 3.25. The van der Waals surface area contributed by atoms with Crippen LogP contribution in [-0.4, -0.2) is 23.2 Å². The third-order valence-corrected chi connectivity index (χ3v) is 3.98. The van der Waals surface area contributed by atoms with Crippen LogP contribution in [0.3, 0.4) is 0 Å². The molecule has 0 unspecified atom stereocenters. The molecule has 0 radical (unpaired) electrons. The van der Waals surface area contributed by atoms with Gasteiger partial charge in [0.05, 0.1) is 5.56 Å². The van der Waals surface area contributed by atoms with Crippen molar-refractivity contribution < 1.29 is 13.2 Å². The van der Waals surface area contributed by atoms with Crippen molar-refractivity contribution >= 4 is 24.2 Å². The summed E-state index contributed by atoms with van der Waals surface area (Å²) in [5.74, 6) is 0. The monoisotopic (exact) mass is 309 g/mol. The van der Waals surface area contributed by atoms with Gasteiger partial charge in [0.15, 0.2) is 0 Å². The Morgan fingerprint density at radius 2 is 1.84 bits per heavy atom. The number of hydrogen-bond donors (Lipinski definition) is 1. The number of nitrogens with zero attached hydrogens (tertiary/aromatic N) is 1. The Balaban J connectivity index is 2.10. The van der Waals surface area contributed by atoms with E-state index in [4.69, 9.17) is 11.6 Å². The van der Waals surface area contributed by atoms with Crippen molar-refractivity contribution in [2.45, 2.75) is 30.8 Å². The average molecular weight is 310 g/mol. The Morgan fingerprint density at radius 1 is 1.21 bits per heavy atom. The van der Waals surface area contributed by atoms with E-state index in [9.17, 15) is 13.2 Å². The molecule has 2 rings (SSSR count). The first-order valence-electron chi connectivity index (χ1n) is 6.11. The van der Waals surface area contributed by atoms with Crippen LogP contribution >= 0.6 is 24.2 Å². The van der Waals surface area contributed by atoms with Crippen LogP contribution < -0.4 is 0 Å². The average Bonchev–Trinajstić information content (AvgIpc) is 2.30. The van der Waals surface area contributed by atoms with Gasteiger partial charge in [0.1, 0.15) is 0 Å². The highest BCUT2D eigenvalue weighted by molar-refractivity contribution is 7.80. The molecule has 1 saturated heterocycles. The molecular formula is C13H15ClF3NS. The van der Waals surface area contributed by atoms with E-state index in [1.165, 1.54) is 6.07 Å². The molecule has 106 valence electrons. The Hall–Kier alpha value is -0.390. The summed E-state index contributed by atoms with van der Waals surface area (Å²) in [6.07, 6.45) is -2.41. The summed E-state index contributed by atoms with van der Waals surface area (Å²) in [4.78, 5) is 2.14. The van der Waals surface area contributed by atoms with Gasteiger partial charge in [0.25, 0.3) is 0 Å². The minimum atomic E-state index is -4.35. The number of piperidine rings is 1. The summed E-state index contributed by atoms with van der Waals surface area (Å²) in [6.45, 7) is 2.23. The molecule has 1 nitrogen and oxygen atoms in total. The molecule has 0 saturated carbocycles. The van der Waals surface area contributed by atoms with Crippen LogP contribution in [-0.2, 0) is 12.7 Å². The standard InChI is InChI=1S/C13H15ClF3NS/c14-11-6-9(5-10(7-11)13(15,16)17)8-18-3-1-12(19)2-4-18/h5-7,12,19H,1-4,8H2. The maximum absolute atomic E-state index is 12.7. The molecule has 1 aromatic carbocycles. The van der Waals surface area contributed by atoms with Gasteiger partial charge in [-0.05, 0) is 49.7 Å². The van der Waals surface area contributed by atoms with Crippen molar-refractivity contribution in [1.29, 1.82) is 0 Å². The smallest absolute Gasteiger partial charge is 0.299 e. The molecule has 6 heteroatoms. The lowest BCUT2D eigenvalue weighted by molar-refractivity contribution is -0.137. The maximum atomic E-state index is 12.7. The second-order valence-corrected chi connectivity index (χ2v) is 6.02. The molecule has 0 aliphatic carbocycles. The lowest BCUT2D eigenvalue weighted by Crippen LogP contribution is -2.33. The van der Waals surface area contributed by atoms with Crippen LogP contribution in [0, 0.1) is 0 Å². The zero-order chi connectivity index (χ0) is 14.0. The molecule has 0 amide bonds. The summed E-state index contributed by atoms with van der Waals surface area (Å²) in [5.41, 5.74) is -0.0727. The number of rotatable bonds is 2. The first-order chi connectivity index (χ1) is 8.84. The maximum Gasteiger partial charge on any atom is 0.416 e. The number of halogens is 4. The minimum absolute atomic E-state index is 0.133. The van der Waals surface area contributed by atoms with Gasteiger partial charge in [0, 0.05) is 16.8 Å². The lowest BCUT2D eigenvalue weighted by Gasteiger charge is -2.29. The van der Waals surface area contributed by atoms with Crippen molar-refractivity contribution in [1.82, 2.24) is 4.90 Å². The van der Waals surface area contributed by atoms with Gasteiger partial charge in [-0.1, -0.05) is 11.6 Å².